The van der Waals surface area contributed by atoms with Crippen LogP contribution in [-0.4, -0.2) is 42.9 Å². The zero-order valence-corrected chi connectivity index (χ0v) is 13.5. The lowest BCUT2D eigenvalue weighted by Crippen LogP contribution is -2.59. The Hall–Kier alpha value is -1.49. The lowest BCUT2D eigenvalue weighted by atomic mass is 10.2. The summed E-state index contributed by atoms with van der Waals surface area (Å²) in [5.74, 6) is -1.64. The second-order valence-corrected chi connectivity index (χ2v) is 7.25. The van der Waals surface area contributed by atoms with Gasteiger partial charge in [0.25, 0.3) is 0 Å². The quantitative estimate of drug-likeness (QED) is 0.447. The monoisotopic (exact) mass is 393 g/mol. The zero-order valence-electron chi connectivity index (χ0n) is 11.1. The predicted octanol–water partition coefficient (Wildman–Crippen LogP) is 0.393. The molecule has 1 heterocycles. The van der Waals surface area contributed by atoms with E-state index in [1.807, 2.05) is 0 Å². The molecule has 10 heteroatoms. The maximum absolute atomic E-state index is 12.0. The highest BCUT2D eigenvalue weighted by Gasteiger charge is 2.52. The lowest BCUT2D eigenvalue weighted by molar-refractivity contribution is -1.04. The van der Waals surface area contributed by atoms with Gasteiger partial charge in [0, 0.05) is 17.3 Å². The van der Waals surface area contributed by atoms with Crippen LogP contribution in [0.15, 0.2) is 33.6 Å². The van der Waals surface area contributed by atoms with Gasteiger partial charge in [-0.25, -0.2) is 5.21 Å². The summed E-state index contributed by atoms with van der Waals surface area (Å²) in [4.78, 5) is 22.6. The summed E-state index contributed by atoms with van der Waals surface area (Å²) in [5, 5.41) is 21.1. The topological polar surface area (TPSA) is 121 Å². The van der Waals surface area contributed by atoms with Crippen molar-refractivity contribution < 1.29 is 37.2 Å². The summed E-state index contributed by atoms with van der Waals surface area (Å²) in [6, 6.07) is 3.73. The summed E-state index contributed by atoms with van der Waals surface area (Å²) in [6.07, 6.45) is -1.34. The van der Waals surface area contributed by atoms with Crippen molar-refractivity contribution in [3.8, 4) is 0 Å². The van der Waals surface area contributed by atoms with E-state index in [0.717, 1.165) is 0 Å². The SMILES string of the molecule is O=C([O-])C1CCC[N@+]1(O)C(=O)OS(=O)(=O)c1ccc(Br)cc1. The van der Waals surface area contributed by atoms with Crippen LogP contribution >= 0.6 is 15.9 Å². The molecular weight excluding hydrogens is 382 g/mol. The second kappa shape index (κ2) is 5.95. The number of carboxylic acid groups (broad SMARTS) is 1. The standard InChI is InChI=1S/C12H12BrNO7S/c13-8-3-5-9(6-4-8)22(19,20)21-12(17)14(18)7-1-2-10(14)11(15)16/h3-6,10,18H,1-2,7H2/t10?,14-/m1/s1. The molecule has 1 fully saturated rings. The molecule has 1 saturated heterocycles. The second-order valence-electron chi connectivity index (χ2n) is 4.78. The summed E-state index contributed by atoms with van der Waals surface area (Å²) >= 11 is 3.13. The smallest absolute Gasteiger partial charge is 0.544 e. The number of rotatable bonds is 3. The highest BCUT2D eigenvalue weighted by atomic mass is 79.9. The van der Waals surface area contributed by atoms with Crippen LogP contribution < -0.4 is 5.11 Å². The van der Waals surface area contributed by atoms with Crippen molar-refractivity contribution in [2.45, 2.75) is 23.8 Å². The molecule has 0 saturated carbocycles. The number of likely N-dealkylation sites (tertiary alicyclic amines) is 1. The van der Waals surface area contributed by atoms with E-state index in [2.05, 4.69) is 20.1 Å². The molecule has 2 rings (SSSR count). The highest BCUT2D eigenvalue weighted by molar-refractivity contribution is 9.10. The van der Waals surface area contributed by atoms with Crippen molar-refractivity contribution in [2.24, 2.45) is 0 Å². The van der Waals surface area contributed by atoms with Crippen molar-refractivity contribution in [2.75, 3.05) is 6.54 Å². The first kappa shape index (κ1) is 16.9. The Morgan fingerprint density at radius 3 is 2.45 bits per heavy atom. The predicted molar refractivity (Wildman–Crippen MR) is 72.8 cm³/mol. The van der Waals surface area contributed by atoms with Gasteiger partial charge in [-0.3, -0.25) is 4.18 Å². The number of carboxylic acids is 1. The Morgan fingerprint density at radius 2 is 1.91 bits per heavy atom. The first-order chi connectivity index (χ1) is 10.2. The van der Waals surface area contributed by atoms with Crippen LogP contribution in [0.1, 0.15) is 12.8 Å². The van der Waals surface area contributed by atoms with E-state index in [1.54, 1.807) is 0 Å². The molecule has 0 radical (unpaired) electrons. The Kier molecular flexibility index (Phi) is 4.57. The number of hydrogen-bond donors (Lipinski definition) is 1. The third-order valence-electron chi connectivity index (χ3n) is 3.36. The molecule has 0 aliphatic carbocycles. The third kappa shape index (κ3) is 3.14. The number of carbonyl (C=O) groups excluding carboxylic acids is 2. The summed E-state index contributed by atoms with van der Waals surface area (Å²) in [7, 11) is -4.46. The van der Waals surface area contributed by atoms with Crippen LogP contribution in [0.2, 0.25) is 0 Å². The molecule has 0 bridgehead atoms. The van der Waals surface area contributed by atoms with Gasteiger partial charge in [0.1, 0.15) is 17.4 Å². The van der Waals surface area contributed by atoms with Crippen molar-refractivity contribution in [1.82, 2.24) is 0 Å². The number of halogens is 1. The van der Waals surface area contributed by atoms with E-state index < -0.39 is 32.9 Å². The lowest BCUT2D eigenvalue weighted by Gasteiger charge is -2.27. The van der Waals surface area contributed by atoms with Gasteiger partial charge in [-0.2, -0.15) is 13.2 Å². The minimum Gasteiger partial charge on any atom is -0.544 e. The van der Waals surface area contributed by atoms with Crippen LogP contribution in [0.4, 0.5) is 4.79 Å². The Balaban J connectivity index is 2.24. The fourth-order valence-corrected chi connectivity index (χ4v) is 3.36. The van der Waals surface area contributed by atoms with Crippen LogP contribution in [0.5, 0.6) is 0 Å². The fourth-order valence-electron chi connectivity index (χ4n) is 2.21. The van der Waals surface area contributed by atoms with Gasteiger partial charge in [-0.15, -0.1) is 0 Å². The van der Waals surface area contributed by atoms with E-state index in [4.69, 9.17) is 0 Å². The normalized spacial score (nSPS) is 24.9. The van der Waals surface area contributed by atoms with Gasteiger partial charge in [0.05, 0.1) is 0 Å². The third-order valence-corrected chi connectivity index (χ3v) is 5.10. The number of quaternary nitrogens is 1. The van der Waals surface area contributed by atoms with Gasteiger partial charge in [0.15, 0.2) is 6.04 Å². The van der Waals surface area contributed by atoms with Crippen LogP contribution in [0.25, 0.3) is 0 Å². The summed E-state index contributed by atoms with van der Waals surface area (Å²) in [6.45, 7) is -0.257. The number of hydrogen-bond acceptors (Lipinski definition) is 7. The number of nitrogens with zero attached hydrogens (tertiary/aromatic N) is 1. The Morgan fingerprint density at radius 1 is 1.32 bits per heavy atom. The van der Waals surface area contributed by atoms with Crippen molar-refractivity contribution >= 4 is 38.1 Å². The maximum atomic E-state index is 12.0. The van der Waals surface area contributed by atoms with Crippen molar-refractivity contribution in [3.05, 3.63) is 28.7 Å². The molecule has 120 valence electrons. The number of benzene rings is 1. The van der Waals surface area contributed by atoms with Crippen LogP contribution in [0, 0.1) is 0 Å². The van der Waals surface area contributed by atoms with Crippen LogP contribution in [-0.2, 0) is 19.1 Å². The summed E-state index contributed by atoms with van der Waals surface area (Å²) in [5.41, 5.74) is 0. The van der Waals surface area contributed by atoms with Crippen LogP contribution in [0.3, 0.4) is 0 Å². The Bertz CT molecular complexity index is 703. The molecule has 1 aliphatic rings. The van der Waals surface area contributed by atoms with E-state index >= 15 is 0 Å². The average Bonchev–Trinajstić information content (AvgIpc) is 2.82. The molecule has 1 unspecified atom stereocenters. The molecule has 1 N–H and O–H groups in total. The highest BCUT2D eigenvalue weighted by Crippen LogP contribution is 2.27. The number of carbonyl (C=O) groups is 2. The first-order valence-electron chi connectivity index (χ1n) is 6.23. The van der Waals surface area contributed by atoms with Gasteiger partial charge in [-0.1, -0.05) is 20.6 Å². The zero-order chi connectivity index (χ0) is 16.5. The minimum absolute atomic E-state index is 0.00767. The van der Waals surface area contributed by atoms with Gasteiger partial charge in [-0.05, 0) is 24.3 Å². The maximum Gasteiger partial charge on any atom is 0.566 e. The van der Waals surface area contributed by atoms with E-state index in [0.29, 0.717) is 4.47 Å². The first-order valence-corrected chi connectivity index (χ1v) is 8.43. The number of aliphatic carboxylic acids is 1. The molecule has 1 aromatic carbocycles. The van der Waals surface area contributed by atoms with Gasteiger partial charge < -0.3 is 9.90 Å². The minimum atomic E-state index is -4.46. The molecule has 1 aromatic rings. The molecule has 22 heavy (non-hydrogen) atoms. The average molecular weight is 394 g/mol. The number of amides is 1. The Labute approximate surface area is 134 Å². The van der Waals surface area contributed by atoms with E-state index in [9.17, 15) is 28.3 Å². The van der Waals surface area contributed by atoms with E-state index in [-0.39, 0.29) is 24.3 Å². The molecule has 1 amide bonds. The molecule has 0 aromatic heterocycles. The molecule has 1 aliphatic heterocycles. The number of hydroxylamine groups is 3. The summed E-state index contributed by atoms with van der Waals surface area (Å²) < 4.78 is 27.3. The molecule has 0 spiro atoms. The largest absolute Gasteiger partial charge is 0.566 e. The van der Waals surface area contributed by atoms with Crippen molar-refractivity contribution in [1.29, 1.82) is 0 Å². The fraction of sp³-hybridized carbons (Fsp3) is 0.333. The van der Waals surface area contributed by atoms with Crippen molar-refractivity contribution in [3.63, 3.8) is 0 Å². The van der Waals surface area contributed by atoms with E-state index in [1.165, 1.54) is 24.3 Å². The molecule has 2 atom stereocenters. The van der Waals surface area contributed by atoms with Gasteiger partial charge >= 0.3 is 16.2 Å². The molecule has 8 nitrogen and oxygen atoms in total. The molecular formula is C12H12BrNO7S. The van der Waals surface area contributed by atoms with Gasteiger partial charge in [0.2, 0.25) is 0 Å².